The Kier molecular flexibility index (Phi) is 4.58. The van der Waals surface area contributed by atoms with Gasteiger partial charge in [-0.3, -0.25) is 10.1 Å². The molecular weight excluding hydrogens is 288 g/mol. The molecule has 0 amide bonds. The maximum Gasteiger partial charge on any atom is 0.342 e. The SMILES string of the molecule is C/C(=C/c1ncc([N+](=O)[O-])n1C)CC1([N+](=O)[O-])CCCCC1. The van der Waals surface area contributed by atoms with Crippen molar-refractivity contribution in [1.82, 2.24) is 9.55 Å². The average molecular weight is 308 g/mol. The fourth-order valence-corrected chi connectivity index (χ4v) is 3.14. The predicted molar refractivity (Wildman–Crippen MR) is 80.9 cm³/mol. The van der Waals surface area contributed by atoms with E-state index < -0.39 is 10.5 Å². The Bertz CT molecular complexity index is 614. The van der Waals surface area contributed by atoms with Gasteiger partial charge in [-0.2, -0.15) is 0 Å². The molecule has 1 aliphatic carbocycles. The van der Waals surface area contributed by atoms with E-state index in [2.05, 4.69) is 4.98 Å². The van der Waals surface area contributed by atoms with Gasteiger partial charge in [0, 0.05) is 30.3 Å². The summed E-state index contributed by atoms with van der Waals surface area (Å²) in [5.74, 6) is 0.346. The van der Waals surface area contributed by atoms with Crippen LogP contribution in [-0.2, 0) is 7.05 Å². The number of nitro groups is 2. The lowest BCUT2D eigenvalue weighted by Gasteiger charge is -2.29. The molecule has 8 nitrogen and oxygen atoms in total. The third-order valence-corrected chi connectivity index (χ3v) is 4.34. The zero-order valence-corrected chi connectivity index (χ0v) is 12.8. The molecule has 0 radical (unpaired) electrons. The molecule has 1 fully saturated rings. The monoisotopic (exact) mass is 308 g/mol. The van der Waals surface area contributed by atoms with Gasteiger partial charge in [0.05, 0.1) is 7.05 Å². The Labute approximate surface area is 128 Å². The molecule has 0 aromatic carbocycles. The first-order valence-corrected chi connectivity index (χ1v) is 7.33. The van der Waals surface area contributed by atoms with Gasteiger partial charge < -0.3 is 10.1 Å². The third-order valence-electron chi connectivity index (χ3n) is 4.34. The highest BCUT2D eigenvalue weighted by molar-refractivity contribution is 5.47. The summed E-state index contributed by atoms with van der Waals surface area (Å²) in [7, 11) is 1.56. The summed E-state index contributed by atoms with van der Waals surface area (Å²) in [6.07, 6.45) is 7.24. The second-order valence-electron chi connectivity index (χ2n) is 6.00. The van der Waals surface area contributed by atoms with Crippen molar-refractivity contribution in [3.63, 3.8) is 0 Å². The summed E-state index contributed by atoms with van der Waals surface area (Å²) in [5.41, 5.74) is -0.0714. The van der Waals surface area contributed by atoms with E-state index in [9.17, 15) is 20.2 Å². The molecule has 1 aromatic heterocycles. The molecule has 22 heavy (non-hydrogen) atoms. The van der Waals surface area contributed by atoms with Crippen LogP contribution in [0.1, 0.15) is 51.3 Å². The number of hydrogen-bond donors (Lipinski definition) is 0. The van der Waals surface area contributed by atoms with E-state index in [0.717, 1.165) is 24.8 Å². The van der Waals surface area contributed by atoms with Crippen LogP contribution in [0, 0.1) is 20.2 Å². The first kappa shape index (κ1) is 16.1. The van der Waals surface area contributed by atoms with Crippen LogP contribution in [0.15, 0.2) is 11.8 Å². The second-order valence-corrected chi connectivity index (χ2v) is 6.00. The smallest absolute Gasteiger partial charge is 0.342 e. The number of imidazole rings is 1. The number of hydrogen-bond acceptors (Lipinski definition) is 5. The molecule has 0 atom stereocenters. The highest BCUT2D eigenvalue weighted by atomic mass is 16.6. The maximum absolute atomic E-state index is 11.5. The molecular formula is C14H20N4O4. The Morgan fingerprint density at radius 2 is 2.00 bits per heavy atom. The maximum atomic E-state index is 11.5. The molecule has 0 bridgehead atoms. The van der Waals surface area contributed by atoms with Crippen LogP contribution >= 0.6 is 0 Å². The minimum atomic E-state index is -0.893. The molecule has 2 rings (SSSR count). The van der Waals surface area contributed by atoms with Crippen LogP contribution in [0.4, 0.5) is 5.82 Å². The first-order valence-electron chi connectivity index (χ1n) is 7.33. The van der Waals surface area contributed by atoms with Gasteiger partial charge in [-0.25, -0.2) is 9.55 Å². The molecule has 0 saturated heterocycles. The van der Waals surface area contributed by atoms with Gasteiger partial charge in [0.1, 0.15) is 6.20 Å². The molecule has 0 N–H and O–H groups in total. The van der Waals surface area contributed by atoms with Gasteiger partial charge in [-0.05, 0) is 24.7 Å². The van der Waals surface area contributed by atoms with Gasteiger partial charge in [0.25, 0.3) is 0 Å². The van der Waals surface area contributed by atoms with Gasteiger partial charge in [0.15, 0.2) is 0 Å². The van der Waals surface area contributed by atoms with E-state index in [4.69, 9.17) is 0 Å². The fraction of sp³-hybridized carbons (Fsp3) is 0.643. The van der Waals surface area contributed by atoms with Crippen LogP contribution in [-0.4, -0.2) is 24.9 Å². The zero-order chi connectivity index (χ0) is 16.3. The fourth-order valence-electron chi connectivity index (χ4n) is 3.14. The lowest BCUT2D eigenvalue weighted by Crippen LogP contribution is -2.40. The molecule has 0 unspecified atom stereocenters. The molecule has 1 aromatic rings. The van der Waals surface area contributed by atoms with E-state index in [1.807, 2.05) is 6.92 Å². The summed E-state index contributed by atoms with van der Waals surface area (Å²) in [4.78, 5) is 25.7. The van der Waals surface area contributed by atoms with Crippen molar-refractivity contribution in [2.75, 3.05) is 0 Å². The molecule has 120 valence electrons. The van der Waals surface area contributed by atoms with Gasteiger partial charge in [-0.15, -0.1) is 0 Å². The van der Waals surface area contributed by atoms with Crippen molar-refractivity contribution in [2.45, 2.75) is 51.0 Å². The first-order chi connectivity index (χ1) is 10.4. The molecule has 1 aliphatic rings. The van der Waals surface area contributed by atoms with E-state index in [0.29, 0.717) is 25.1 Å². The Morgan fingerprint density at radius 3 is 2.50 bits per heavy atom. The molecule has 1 heterocycles. The molecule has 0 aliphatic heterocycles. The quantitative estimate of drug-likeness (QED) is 0.614. The van der Waals surface area contributed by atoms with Crippen LogP contribution in [0.3, 0.4) is 0 Å². The van der Waals surface area contributed by atoms with Crippen molar-refractivity contribution < 1.29 is 9.85 Å². The van der Waals surface area contributed by atoms with E-state index in [1.165, 1.54) is 10.8 Å². The Morgan fingerprint density at radius 1 is 1.36 bits per heavy atom. The topological polar surface area (TPSA) is 104 Å². The Balaban J connectivity index is 2.21. The summed E-state index contributed by atoms with van der Waals surface area (Å²) in [5, 5.41) is 22.3. The van der Waals surface area contributed by atoms with Crippen LogP contribution in [0.25, 0.3) is 6.08 Å². The largest absolute Gasteiger partial charge is 0.358 e. The second kappa shape index (κ2) is 6.25. The Hall–Kier alpha value is -2.25. The molecule has 1 saturated carbocycles. The number of rotatable bonds is 5. The van der Waals surface area contributed by atoms with Gasteiger partial charge >= 0.3 is 5.82 Å². The van der Waals surface area contributed by atoms with E-state index in [-0.39, 0.29) is 10.7 Å². The highest BCUT2D eigenvalue weighted by Crippen LogP contribution is 2.36. The van der Waals surface area contributed by atoms with Gasteiger partial charge in [-0.1, -0.05) is 12.0 Å². The predicted octanol–water partition coefficient (Wildman–Crippen LogP) is 3.10. The zero-order valence-electron chi connectivity index (χ0n) is 12.8. The van der Waals surface area contributed by atoms with Gasteiger partial charge in [0.2, 0.25) is 11.4 Å². The van der Waals surface area contributed by atoms with Crippen LogP contribution in [0.2, 0.25) is 0 Å². The third kappa shape index (κ3) is 3.15. The minimum Gasteiger partial charge on any atom is -0.358 e. The lowest BCUT2D eigenvalue weighted by molar-refractivity contribution is -0.574. The van der Waals surface area contributed by atoms with Crippen molar-refractivity contribution in [3.8, 4) is 0 Å². The summed E-state index contributed by atoms with van der Waals surface area (Å²) < 4.78 is 1.38. The summed E-state index contributed by atoms with van der Waals surface area (Å²) >= 11 is 0. The van der Waals surface area contributed by atoms with Crippen LogP contribution in [0.5, 0.6) is 0 Å². The molecule has 0 spiro atoms. The summed E-state index contributed by atoms with van der Waals surface area (Å²) in [6, 6.07) is 0. The van der Waals surface area contributed by atoms with Crippen molar-refractivity contribution in [2.24, 2.45) is 7.05 Å². The molecule has 8 heteroatoms. The number of aromatic nitrogens is 2. The average Bonchev–Trinajstić information content (AvgIpc) is 2.81. The number of nitrogens with zero attached hydrogens (tertiary/aromatic N) is 4. The lowest BCUT2D eigenvalue weighted by atomic mass is 9.78. The van der Waals surface area contributed by atoms with Crippen molar-refractivity contribution >= 4 is 11.9 Å². The highest BCUT2D eigenvalue weighted by Gasteiger charge is 2.43. The van der Waals surface area contributed by atoms with Crippen LogP contribution < -0.4 is 0 Å². The summed E-state index contributed by atoms with van der Waals surface area (Å²) in [6.45, 7) is 1.82. The standard InChI is InChI=1S/C14H20N4O4/c1-11(8-12-15-10-13(16(12)2)17(19)20)9-14(18(21)22)6-4-3-5-7-14/h8,10H,3-7,9H2,1-2H3/b11-8-. The minimum absolute atomic E-state index is 0.0966. The van der Waals surface area contributed by atoms with E-state index in [1.54, 1.807) is 13.1 Å². The van der Waals surface area contributed by atoms with Crippen molar-refractivity contribution in [1.29, 1.82) is 0 Å². The normalized spacial score (nSPS) is 18.2. The van der Waals surface area contributed by atoms with E-state index >= 15 is 0 Å². The van der Waals surface area contributed by atoms with Crippen molar-refractivity contribution in [3.05, 3.63) is 37.8 Å².